The first-order valence-corrected chi connectivity index (χ1v) is 6.89. The van der Waals surface area contributed by atoms with E-state index in [2.05, 4.69) is 20.2 Å². The van der Waals surface area contributed by atoms with Gasteiger partial charge in [-0.2, -0.15) is 18.3 Å². The molecule has 3 aromatic rings. The van der Waals surface area contributed by atoms with Crippen molar-refractivity contribution in [3.8, 4) is 22.8 Å². The molecule has 0 amide bonds. The largest absolute Gasteiger partial charge is 0.416 e. The van der Waals surface area contributed by atoms with E-state index in [9.17, 15) is 13.2 Å². The molecule has 0 saturated carbocycles. The molecule has 4 nitrogen and oxygen atoms in total. The molecule has 0 fully saturated rings. The maximum atomic E-state index is 13.0. The Morgan fingerprint density at radius 3 is 2.35 bits per heavy atom. The molecule has 0 aliphatic heterocycles. The van der Waals surface area contributed by atoms with Gasteiger partial charge in [0.2, 0.25) is 0 Å². The summed E-state index contributed by atoms with van der Waals surface area (Å²) in [6.45, 7) is 3.20. The molecule has 0 spiro atoms. The highest BCUT2D eigenvalue weighted by atomic mass is 19.4. The lowest BCUT2D eigenvalue weighted by molar-refractivity contribution is -0.138. The van der Waals surface area contributed by atoms with Crippen LogP contribution >= 0.6 is 0 Å². The van der Waals surface area contributed by atoms with Crippen molar-refractivity contribution < 1.29 is 13.2 Å². The summed E-state index contributed by atoms with van der Waals surface area (Å²) in [5, 5.41) is 6.73. The Kier molecular flexibility index (Phi) is 3.63. The van der Waals surface area contributed by atoms with Crippen LogP contribution in [-0.4, -0.2) is 20.2 Å². The van der Waals surface area contributed by atoms with Gasteiger partial charge in [0.05, 0.1) is 11.3 Å². The Labute approximate surface area is 130 Å². The van der Waals surface area contributed by atoms with E-state index in [0.29, 0.717) is 28.6 Å². The van der Waals surface area contributed by atoms with Gasteiger partial charge < -0.3 is 0 Å². The van der Waals surface area contributed by atoms with E-state index in [-0.39, 0.29) is 5.56 Å². The molecule has 118 valence electrons. The van der Waals surface area contributed by atoms with Crippen LogP contribution in [-0.2, 0) is 6.18 Å². The molecule has 0 radical (unpaired) electrons. The highest BCUT2D eigenvalue weighted by Crippen LogP contribution is 2.34. The van der Waals surface area contributed by atoms with Gasteiger partial charge in [0.1, 0.15) is 11.5 Å². The number of pyridine rings is 1. The molecule has 2 aromatic heterocycles. The SMILES string of the molecule is Cc1nc(-c2cccc(-c3ccc(C)c(C(F)(F)F)c3)n2)n[nH]1. The second-order valence-electron chi connectivity index (χ2n) is 5.18. The number of halogens is 3. The van der Waals surface area contributed by atoms with Gasteiger partial charge in [-0.15, -0.1) is 0 Å². The predicted octanol–water partition coefficient (Wildman–Crippen LogP) is 4.17. The Hall–Kier alpha value is -2.70. The second kappa shape index (κ2) is 5.49. The molecule has 1 aromatic carbocycles. The van der Waals surface area contributed by atoms with Crippen LogP contribution in [0.1, 0.15) is 17.0 Å². The summed E-state index contributed by atoms with van der Waals surface area (Å²) in [7, 11) is 0. The fourth-order valence-electron chi connectivity index (χ4n) is 2.26. The minimum absolute atomic E-state index is 0.182. The standard InChI is InChI=1S/C16H13F3N4/c1-9-6-7-11(8-12(9)16(17,18)19)13-4-3-5-14(21-13)15-20-10(2)22-23-15/h3-8H,1-2H3,(H,20,22,23). The van der Waals surface area contributed by atoms with E-state index in [4.69, 9.17) is 0 Å². The smallest absolute Gasteiger partial charge is 0.263 e. The van der Waals surface area contributed by atoms with E-state index in [1.54, 1.807) is 31.2 Å². The van der Waals surface area contributed by atoms with Crippen LogP contribution in [0.5, 0.6) is 0 Å². The van der Waals surface area contributed by atoms with Gasteiger partial charge in [-0.25, -0.2) is 9.97 Å². The van der Waals surface area contributed by atoms with E-state index in [1.807, 2.05) is 0 Å². The average Bonchev–Trinajstić information content (AvgIpc) is 2.93. The van der Waals surface area contributed by atoms with Gasteiger partial charge in [-0.1, -0.05) is 18.2 Å². The molecular weight excluding hydrogens is 305 g/mol. The van der Waals surface area contributed by atoms with E-state index in [1.165, 1.54) is 13.0 Å². The molecule has 3 rings (SSSR count). The lowest BCUT2D eigenvalue weighted by atomic mass is 10.0. The zero-order valence-electron chi connectivity index (χ0n) is 12.4. The van der Waals surface area contributed by atoms with Crippen molar-refractivity contribution in [3.05, 3.63) is 53.3 Å². The van der Waals surface area contributed by atoms with Crippen LogP contribution in [0.4, 0.5) is 13.2 Å². The number of nitrogens with one attached hydrogen (secondary N) is 1. The van der Waals surface area contributed by atoms with Crippen LogP contribution in [0.3, 0.4) is 0 Å². The van der Waals surface area contributed by atoms with Crippen molar-refractivity contribution in [2.75, 3.05) is 0 Å². The number of nitrogens with zero attached hydrogens (tertiary/aromatic N) is 3. The number of aryl methyl sites for hydroxylation is 2. The fraction of sp³-hybridized carbons (Fsp3) is 0.188. The van der Waals surface area contributed by atoms with E-state index in [0.717, 1.165) is 6.07 Å². The van der Waals surface area contributed by atoms with Crippen LogP contribution < -0.4 is 0 Å². The number of alkyl halides is 3. The Bertz CT molecular complexity index is 853. The molecule has 0 bridgehead atoms. The second-order valence-corrected chi connectivity index (χ2v) is 5.18. The molecule has 0 unspecified atom stereocenters. The van der Waals surface area contributed by atoms with Crippen molar-refractivity contribution in [3.63, 3.8) is 0 Å². The summed E-state index contributed by atoms with van der Waals surface area (Å²) in [5.41, 5.74) is 0.867. The van der Waals surface area contributed by atoms with Crippen molar-refractivity contribution >= 4 is 0 Å². The molecule has 23 heavy (non-hydrogen) atoms. The van der Waals surface area contributed by atoms with Crippen LogP contribution in [0.25, 0.3) is 22.8 Å². The molecule has 0 aliphatic rings. The average molecular weight is 318 g/mol. The van der Waals surface area contributed by atoms with Crippen molar-refractivity contribution in [2.45, 2.75) is 20.0 Å². The van der Waals surface area contributed by atoms with Gasteiger partial charge in [-0.05, 0) is 37.6 Å². The Balaban J connectivity index is 2.06. The molecule has 0 atom stereocenters. The molecule has 0 saturated heterocycles. The van der Waals surface area contributed by atoms with E-state index < -0.39 is 11.7 Å². The quantitative estimate of drug-likeness (QED) is 0.771. The monoisotopic (exact) mass is 318 g/mol. The summed E-state index contributed by atoms with van der Waals surface area (Å²) in [6, 6.07) is 9.28. The lowest BCUT2D eigenvalue weighted by Crippen LogP contribution is -2.07. The Morgan fingerprint density at radius 1 is 0.957 bits per heavy atom. The molecule has 2 heterocycles. The molecule has 7 heteroatoms. The third-order valence-electron chi connectivity index (χ3n) is 3.41. The van der Waals surface area contributed by atoms with Crippen molar-refractivity contribution in [1.82, 2.24) is 20.2 Å². The Morgan fingerprint density at radius 2 is 1.70 bits per heavy atom. The summed E-state index contributed by atoms with van der Waals surface area (Å²) < 4.78 is 39.1. The van der Waals surface area contributed by atoms with Gasteiger partial charge in [-0.3, -0.25) is 5.10 Å². The zero-order valence-corrected chi connectivity index (χ0v) is 12.4. The first kappa shape index (κ1) is 15.2. The zero-order chi connectivity index (χ0) is 16.6. The van der Waals surface area contributed by atoms with Crippen LogP contribution in [0.2, 0.25) is 0 Å². The molecule has 1 N–H and O–H groups in total. The predicted molar refractivity (Wildman–Crippen MR) is 79.5 cm³/mol. The van der Waals surface area contributed by atoms with E-state index >= 15 is 0 Å². The minimum atomic E-state index is -4.39. The van der Waals surface area contributed by atoms with Crippen molar-refractivity contribution in [1.29, 1.82) is 0 Å². The number of H-pyrrole nitrogens is 1. The fourth-order valence-corrected chi connectivity index (χ4v) is 2.26. The van der Waals surface area contributed by atoms with Crippen LogP contribution in [0, 0.1) is 13.8 Å². The number of aromatic amines is 1. The topological polar surface area (TPSA) is 54.5 Å². The third-order valence-corrected chi connectivity index (χ3v) is 3.41. The van der Waals surface area contributed by atoms with Gasteiger partial charge >= 0.3 is 6.18 Å². The highest BCUT2D eigenvalue weighted by molar-refractivity contribution is 5.64. The van der Waals surface area contributed by atoms with Crippen LogP contribution in [0.15, 0.2) is 36.4 Å². The maximum Gasteiger partial charge on any atom is 0.416 e. The van der Waals surface area contributed by atoms with Gasteiger partial charge in [0, 0.05) is 5.56 Å². The third kappa shape index (κ3) is 3.08. The first-order chi connectivity index (χ1) is 10.8. The lowest BCUT2D eigenvalue weighted by Gasteiger charge is -2.12. The van der Waals surface area contributed by atoms with Gasteiger partial charge in [0.15, 0.2) is 5.82 Å². The molecular formula is C16H13F3N4. The number of rotatable bonds is 2. The number of hydrogen-bond donors (Lipinski definition) is 1. The number of aromatic nitrogens is 4. The summed E-state index contributed by atoms with van der Waals surface area (Å²) in [5.74, 6) is 1.05. The highest BCUT2D eigenvalue weighted by Gasteiger charge is 2.32. The van der Waals surface area contributed by atoms with Crippen molar-refractivity contribution in [2.24, 2.45) is 0 Å². The molecule has 0 aliphatic carbocycles. The summed E-state index contributed by atoms with van der Waals surface area (Å²) in [6.07, 6.45) is -4.39. The van der Waals surface area contributed by atoms with Gasteiger partial charge in [0.25, 0.3) is 0 Å². The number of benzene rings is 1. The normalized spacial score (nSPS) is 11.7. The maximum absolute atomic E-state index is 13.0. The minimum Gasteiger partial charge on any atom is -0.263 e. The summed E-state index contributed by atoms with van der Waals surface area (Å²) in [4.78, 5) is 8.54. The first-order valence-electron chi connectivity index (χ1n) is 6.89. The number of hydrogen-bond acceptors (Lipinski definition) is 3. The summed E-state index contributed by atoms with van der Waals surface area (Å²) >= 11 is 0.